The Hall–Kier alpha value is -2.26. The molecule has 3 heteroatoms. The van der Waals surface area contributed by atoms with Crippen LogP contribution in [0.3, 0.4) is 0 Å². The number of hydrogen-bond acceptors (Lipinski definition) is 3. The molecule has 0 bridgehead atoms. The minimum absolute atomic E-state index is 1.01. The number of aromatic nitrogens is 2. The molecular formula is C17H12N2S. The number of pyridine rings is 1. The van der Waals surface area contributed by atoms with Crippen molar-refractivity contribution in [1.29, 1.82) is 0 Å². The van der Waals surface area contributed by atoms with Crippen LogP contribution in [0.5, 0.6) is 0 Å². The number of benzene rings is 2. The first-order valence-electron chi connectivity index (χ1n) is 6.54. The van der Waals surface area contributed by atoms with E-state index >= 15 is 0 Å². The Kier molecular flexibility index (Phi) is 2.54. The standard InChI is InChI=1S/C17H12N2S/c1-11-18-16-14-10-6-5-9-13(14)15(19-17(16)20-11)12-7-3-2-4-8-12/h2-10H,1H3. The van der Waals surface area contributed by atoms with Crippen LogP contribution in [0.2, 0.25) is 0 Å². The van der Waals surface area contributed by atoms with Gasteiger partial charge in [-0.15, -0.1) is 0 Å². The molecule has 0 fully saturated rings. The third-order valence-electron chi connectivity index (χ3n) is 3.41. The summed E-state index contributed by atoms with van der Waals surface area (Å²) < 4.78 is 0. The van der Waals surface area contributed by atoms with E-state index in [1.54, 1.807) is 11.3 Å². The Morgan fingerprint density at radius 1 is 0.800 bits per heavy atom. The second-order valence-corrected chi connectivity index (χ2v) is 5.94. The van der Waals surface area contributed by atoms with Gasteiger partial charge in [-0.3, -0.25) is 0 Å². The van der Waals surface area contributed by atoms with Crippen LogP contribution in [-0.2, 0) is 0 Å². The molecular weight excluding hydrogens is 264 g/mol. The molecule has 0 N–H and O–H groups in total. The first-order valence-corrected chi connectivity index (χ1v) is 7.36. The van der Waals surface area contributed by atoms with E-state index < -0.39 is 0 Å². The summed E-state index contributed by atoms with van der Waals surface area (Å²) in [7, 11) is 0. The van der Waals surface area contributed by atoms with E-state index in [0.717, 1.165) is 32.0 Å². The van der Waals surface area contributed by atoms with Crippen LogP contribution in [0.4, 0.5) is 0 Å². The average Bonchev–Trinajstić information content (AvgIpc) is 2.88. The molecule has 0 spiro atoms. The highest BCUT2D eigenvalue weighted by atomic mass is 32.1. The third-order valence-corrected chi connectivity index (χ3v) is 4.28. The molecule has 0 atom stereocenters. The summed E-state index contributed by atoms with van der Waals surface area (Å²) in [6.07, 6.45) is 0. The minimum atomic E-state index is 1.01. The van der Waals surface area contributed by atoms with Crippen molar-refractivity contribution in [2.45, 2.75) is 6.92 Å². The highest BCUT2D eigenvalue weighted by Crippen LogP contribution is 2.33. The van der Waals surface area contributed by atoms with E-state index in [-0.39, 0.29) is 0 Å². The number of aryl methyl sites for hydroxylation is 1. The maximum Gasteiger partial charge on any atom is 0.144 e. The fraction of sp³-hybridized carbons (Fsp3) is 0.0588. The lowest BCUT2D eigenvalue weighted by molar-refractivity contribution is 1.34. The van der Waals surface area contributed by atoms with E-state index in [1.807, 2.05) is 25.1 Å². The lowest BCUT2D eigenvalue weighted by Gasteiger charge is -2.06. The molecule has 0 saturated carbocycles. The molecule has 0 aliphatic heterocycles. The summed E-state index contributed by atoms with van der Waals surface area (Å²) in [6, 6.07) is 18.7. The summed E-state index contributed by atoms with van der Waals surface area (Å²) in [5.41, 5.74) is 3.21. The highest BCUT2D eigenvalue weighted by molar-refractivity contribution is 7.18. The molecule has 0 amide bonds. The van der Waals surface area contributed by atoms with Crippen LogP contribution in [0.15, 0.2) is 54.6 Å². The maximum absolute atomic E-state index is 4.85. The molecule has 0 saturated heterocycles. The zero-order valence-corrected chi connectivity index (χ0v) is 11.8. The zero-order valence-electron chi connectivity index (χ0n) is 11.0. The van der Waals surface area contributed by atoms with Crippen molar-refractivity contribution < 1.29 is 0 Å². The van der Waals surface area contributed by atoms with Gasteiger partial charge in [0.15, 0.2) is 0 Å². The molecule has 0 aliphatic carbocycles. The van der Waals surface area contributed by atoms with Crippen LogP contribution in [0.25, 0.3) is 32.4 Å². The molecule has 2 nitrogen and oxygen atoms in total. The van der Waals surface area contributed by atoms with Gasteiger partial charge in [0.05, 0.1) is 10.7 Å². The Balaban J connectivity index is 2.18. The Labute approximate surface area is 120 Å². The van der Waals surface area contributed by atoms with Gasteiger partial charge < -0.3 is 0 Å². The summed E-state index contributed by atoms with van der Waals surface area (Å²) >= 11 is 1.65. The molecule has 0 unspecified atom stereocenters. The molecule has 2 aromatic heterocycles. The third kappa shape index (κ3) is 1.71. The normalized spacial score (nSPS) is 11.2. The van der Waals surface area contributed by atoms with Gasteiger partial charge in [-0.25, -0.2) is 9.97 Å². The minimum Gasteiger partial charge on any atom is -0.239 e. The second-order valence-electron chi connectivity index (χ2n) is 4.76. The quantitative estimate of drug-likeness (QED) is 0.498. The molecule has 4 rings (SSSR count). The van der Waals surface area contributed by atoms with Crippen molar-refractivity contribution in [2.24, 2.45) is 0 Å². The fourth-order valence-corrected chi connectivity index (χ4v) is 3.35. The lowest BCUT2D eigenvalue weighted by Crippen LogP contribution is -1.87. The number of thiazole rings is 1. The Morgan fingerprint density at radius 3 is 2.30 bits per heavy atom. The summed E-state index contributed by atoms with van der Waals surface area (Å²) in [5, 5.41) is 3.40. The first kappa shape index (κ1) is 11.6. The highest BCUT2D eigenvalue weighted by Gasteiger charge is 2.12. The predicted octanol–water partition coefficient (Wildman–Crippen LogP) is 4.82. The van der Waals surface area contributed by atoms with Crippen LogP contribution < -0.4 is 0 Å². The van der Waals surface area contributed by atoms with Crippen LogP contribution >= 0.6 is 11.3 Å². The predicted molar refractivity (Wildman–Crippen MR) is 85.1 cm³/mol. The van der Waals surface area contributed by atoms with Crippen molar-refractivity contribution >= 4 is 32.5 Å². The van der Waals surface area contributed by atoms with E-state index in [4.69, 9.17) is 4.98 Å². The topological polar surface area (TPSA) is 25.8 Å². The van der Waals surface area contributed by atoms with Crippen molar-refractivity contribution in [3.8, 4) is 11.3 Å². The summed E-state index contributed by atoms with van der Waals surface area (Å²) in [6.45, 7) is 2.03. The maximum atomic E-state index is 4.85. The lowest BCUT2D eigenvalue weighted by atomic mass is 10.0. The summed E-state index contributed by atoms with van der Waals surface area (Å²) in [4.78, 5) is 10.5. The van der Waals surface area contributed by atoms with Gasteiger partial charge in [0, 0.05) is 16.3 Å². The van der Waals surface area contributed by atoms with Crippen LogP contribution in [0.1, 0.15) is 5.01 Å². The van der Waals surface area contributed by atoms with Gasteiger partial charge in [0.25, 0.3) is 0 Å². The number of rotatable bonds is 1. The number of nitrogens with zero attached hydrogens (tertiary/aromatic N) is 2. The average molecular weight is 276 g/mol. The van der Waals surface area contributed by atoms with E-state index in [1.165, 1.54) is 5.39 Å². The molecule has 0 radical (unpaired) electrons. The molecule has 20 heavy (non-hydrogen) atoms. The molecule has 2 aromatic carbocycles. The van der Waals surface area contributed by atoms with E-state index in [9.17, 15) is 0 Å². The molecule has 0 aliphatic rings. The first-order chi connectivity index (χ1) is 9.83. The fourth-order valence-electron chi connectivity index (χ4n) is 2.54. The van der Waals surface area contributed by atoms with Gasteiger partial charge in [-0.2, -0.15) is 0 Å². The molecule has 4 aromatic rings. The van der Waals surface area contributed by atoms with Gasteiger partial charge in [0.2, 0.25) is 0 Å². The van der Waals surface area contributed by atoms with Crippen molar-refractivity contribution in [2.75, 3.05) is 0 Å². The molecule has 2 heterocycles. The van der Waals surface area contributed by atoms with Gasteiger partial charge in [-0.1, -0.05) is 65.9 Å². The second kappa shape index (κ2) is 4.39. The van der Waals surface area contributed by atoms with Gasteiger partial charge in [0.1, 0.15) is 10.3 Å². The van der Waals surface area contributed by atoms with E-state index in [2.05, 4.69) is 41.4 Å². The number of hydrogen-bond donors (Lipinski definition) is 0. The van der Waals surface area contributed by atoms with Crippen molar-refractivity contribution in [3.63, 3.8) is 0 Å². The largest absolute Gasteiger partial charge is 0.239 e. The zero-order chi connectivity index (χ0) is 13.5. The van der Waals surface area contributed by atoms with Gasteiger partial charge >= 0.3 is 0 Å². The van der Waals surface area contributed by atoms with E-state index in [0.29, 0.717) is 0 Å². The van der Waals surface area contributed by atoms with Crippen LogP contribution in [-0.4, -0.2) is 9.97 Å². The SMILES string of the molecule is Cc1nc2c(nc(-c3ccccc3)c3ccccc32)s1. The monoisotopic (exact) mass is 276 g/mol. The molecule has 96 valence electrons. The van der Waals surface area contributed by atoms with Crippen LogP contribution in [0, 0.1) is 6.92 Å². The van der Waals surface area contributed by atoms with Gasteiger partial charge in [-0.05, 0) is 6.92 Å². The van der Waals surface area contributed by atoms with Crippen molar-refractivity contribution in [3.05, 3.63) is 59.6 Å². The smallest absolute Gasteiger partial charge is 0.144 e. The Morgan fingerprint density at radius 2 is 1.50 bits per heavy atom. The Bertz CT molecular complexity index is 910. The summed E-state index contributed by atoms with van der Waals surface area (Å²) in [5.74, 6) is 0. The number of fused-ring (bicyclic) bond motifs is 3. The van der Waals surface area contributed by atoms with Crippen molar-refractivity contribution in [1.82, 2.24) is 9.97 Å².